The summed E-state index contributed by atoms with van der Waals surface area (Å²) in [6.45, 7) is 0.802. The zero-order chi connectivity index (χ0) is 18.6. The van der Waals surface area contributed by atoms with E-state index in [1.807, 2.05) is 60.8 Å². The van der Waals surface area contributed by atoms with Crippen molar-refractivity contribution in [2.45, 2.75) is 18.9 Å². The van der Waals surface area contributed by atoms with Gasteiger partial charge in [-0.2, -0.15) is 0 Å². The lowest BCUT2D eigenvalue weighted by atomic mass is 10.1. The van der Waals surface area contributed by atoms with Crippen LogP contribution in [0.15, 0.2) is 60.8 Å². The number of nitrogens with one attached hydrogen (secondary N) is 2. The van der Waals surface area contributed by atoms with Crippen LogP contribution in [0.25, 0.3) is 10.9 Å². The number of ether oxygens (including phenoxy) is 1. The molecular formula is C21H21N3O3. The fraction of sp³-hybridized carbons (Fsp3) is 0.238. The second-order valence-electron chi connectivity index (χ2n) is 6.57. The molecular weight excluding hydrogens is 342 g/mol. The third-order valence-electron chi connectivity index (χ3n) is 4.74. The van der Waals surface area contributed by atoms with Gasteiger partial charge in [-0.3, -0.25) is 9.69 Å². The Labute approximate surface area is 157 Å². The first kappa shape index (κ1) is 17.1. The van der Waals surface area contributed by atoms with Crippen LogP contribution in [-0.2, 0) is 11.2 Å². The molecule has 27 heavy (non-hydrogen) atoms. The standard InChI is InChI=1S/C21H21N3O3/c25-20-19(13-15-14-22-18-10-5-4-9-17(15)18)23-21(26)24(20)11-6-12-27-16-7-2-1-3-8-16/h1-5,7-10,14,19,22H,6,11-13H2,(H,23,26). The van der Waals surface area contributed by atoms with E-state index in [9.17, 15) is 9.59 Å². The topological polar surface area (TPSA) is 74.4 Å². The van der Waals surface area contributed by atoms with Gasteiger partial charge in [0, 0.05) is 30.1 Å². The Bertz CT molecular complexity index is 951. The molecule has 1 fully saturated rings. The van der Waals surface area contributed by atoms with Crippen LogP contribution in [-0.4, -0.2) is 41.0 Å². The number of para-hydroxylation sites is 2. The first-order valence-corrected chi connectivity index (χ1v) is 9.07. The normalized spacial score (nSPS) is 16.7. The van der Waals surface area contributed by atoms with E-state index in [-0.39, 0.29) is 11.9 Å². The molecule has 1 saturated heterocycles. The summed E-state index contributed by atoms with van der Waals surface area (Å²) in [6.07, 6.45) is 2.97. The van der Waals surface area contributed by atoms with Gasteiger partial charge in [-0.05, 0) is 30.2 Å². The van der Waals surface area contributed by atoms with Gasteiger partial charge in [0.2, 0.25) is 0 Å². The molecule has 6 heteroatoms. The third-order valence-corrected chi connectivity index (χ3v) is 4.74. The molecule has 2 aromatic carbocycles. The predicted molar refractivity (Wildman–Crippen MR) is 103 cm³/mol. The van der Waals surface area contributed by atoms with E-state index in [4.69, 9.17) is 4.74 Å². The SMILES string of the molecule is O=C1NC(Cc2c[nH]c3ccccc23)C(=O)N1CCCOc1ccccc1. The molecule has 3 amide bonds. The summed E-state index contributed by atoms with van der Waals surface area (Å²) in [7, 11) is 0. The van der Waals surface area contributed by atoms with E-state index in [0.29, 0.717) is 26.0 Å². The summed E-state index contributed by atoms with van der Waals surface area (Å²) in [5.74, 6) is 0.608. The molecule has 1 aromatic heterocycles. The number of urea groups is 1. The number of aromatic amines is 1. The number of amides is 3. The average Bonchev–Trinajstić information content (AvgIpc) is 3.22. The number of nitrogens with zero attached hydrogens (tertiary/aromatic N) is 1. The second-order valence-corrected chi connectivity index (χ2v) is 6.57. The summed E-state index contributed by atoms with van der Waals surface area (Å²) in [5, 5.41) is 3.88. The van der Waals surface area contributed by atoms with Gasteiger partial charge in [0.1, 0.15) is 11.8 Å². The molecule has 6 nitrogen and oxygen atoms in total. The maximum Gasteiger partial charge on any atom is 0.324 e. The van der Waals surface area contributed by atoms with E-state index in [1.165, 1.54) is 4.90 Å². The maximum absolute atomic E-state index is 12.6. The second kappa shape index (κ2) is 7.53. The van der Waals surface area contributed by atoms with E-state index >= 15 is 0 Å². The minimum Gasteiger partial charge on any atom is -0.494 e. The van der Waals surface area contributed by atoms with Gasteiger partial charge in [0.05, 0.1) is 6.61 Å². The lowest BCUT2D eigenvalue weighted by molar-refractivity contribution is -0.127. The molecule has 1 aliphatic heterocycles. The van der Waals surface area contributed by atoms with Crippen molar-refractivity contribution in [2.75, 3.05) is 13.2 Å². The highest BCUT2D eigenvalue weighted by molar-refractivity contribution is 6.04. The smallest absolute Gasteiger partial charge is 0.324 e. The molecule has 3 aromatic rings. The lowest BCUT2D eigenvalue weighted by Gasteiger charge is -2.13. The molecule has 0 aliphatic carbocycles. The number of fused-ring (bicyclic) bond motifs is 1. The van der Waals surface area contributed by atoms with Crippen LogP contribution >= 0.6 is 0 Å². The number of aromatic nitrogens is 1. The largest absolute Gasteiger partial charge is 0.494 e. The predicted octanol–water partition coefficient (Wildman–Crippen LogP) is 3.10. The highest BCUT2D eigenvalue weighted by atomic mass is 16.5. The van der Waals surface area contributed by atoms with Crippen LogP contribution in [0.2, 0.25) is 0 Å². The molecule has 0 bridgehead atoms. The quantitative estimate of drug-likeness (QED) is 0.500. The minimum absolute atomic E-state index is 0.176. The zero-order valence-corrected chi connectivity index (χ0v) is 14.9. The summed E-state index contributed by atoms with van der Waals surface area (Å²) in [4.78, 5) is 29.3. The number of H-pyrrole nitrogens is 1. The van der Waals surface area contributed by atoms with Crippen molar-refractivity contribution < 1.29 is 14.3 Å². The molecule has 138 valence electrons. The van der Waals surface area contributed by atoms with Gasteiger partial charge in [0.25, 0.3) is 5.91 Å². The molecule has 1 unspecified atom stereocenters. The van der Waals surface area contributed by atoms with E-state index in [0.717, 1.165) is 22.2 Å². The Morgan fingerprint density at radius 1 is 1.00 bits per heavy atom. The monoisotopic (exact) mass is 363 g/mol. The molecule has 1 aliphatic rings. The molecule has 0 spiro atoms. The lowest BCUT2D eigenvalue weighted by Crippen LogP contribution is -2.33. The van der Waals surface area contributed by atoms with Crippen LogP contribution in [0, 0.1) is 0 Å². The van der Waals surface area contributed by atoms with E-state index in [2.05, 4.69) is 10.3 Å². The van der Waals surface area contributed by atoms with Crippen molar-refractivity contribution in [3.8, 4) is 5.75 Å². The van der Waals surface area contributed by atoms with Gasteiger partial charge in [-0.15, -0.1) is 0 Å². The Kier molecular flexibility index (Phi) is 4.78. The number of imide groups is 1. The summed E-state index contributed by atoms with van der Waals surface area (Å²) in [5.41, 5.74) is 2.05. The molecule has 4 rings (SSSR count). The number of carbonyl (C=O) groups is 2. The van der Waals surface area contributed by atoms with Gasteiger partial charge < -0.3 is 15.0 Å². The summed E-state index contributed by atoms with van der Waals surface area (Å²) >= 11 is 0. The van der Waals surface area contributed by atoms with Crippen molar-refractivity contribution in [3.63, 3.8) is 0 Å². The Hall–Kier alpha value is -3.28. The summed E-state index contributed by atoms with van der Waals surface area (Å²) in [6, 6.07) is 16.6. The van der Waals surface area contributed by atoms with Gasteiger partial charge in [-0.25, -0.2) is 4.79 Å². The Morgan fingerprint density at radius 2 is 1.78 bits per heavy atom. The van der Waals surface area contributed by atoms with Crippen LogP contribution < -0.4 is 10.1 Å². The van der Waals surface area contributed by atoms with Crippen molar-refractivity contribution >= 4 is 22.8 Å². The number of hydrogen-bond donors (Lipinski definition) is 2. The zero-order valence-electron chi connectivity index (χ0n) is 14.9. The number of carbonyl (C=O) groups excluding carboxylic acids is 2. The fourth-order valence-corrected chi connectivity index (χ4v) is 3.38. The molecule has 0 saturated carbocycles. The number of benzene rings is 2. The first-order valence-electron chi connectivity index (χ1n) is 9.07. The Balaban J connectivity index is 1.33. The van der Waals surface area contributed by atoms with Crippen molar-refractivity contribution in [1.29, 1.82) is 0 Å². The molecule has 0 radical (unpaired) electrons. The third kappa shape index (κ3) is 3.65. The number of hydrogen-bond acceptors (Lipinski definition) is 3. The van der Waals surface area contributed by atoms with E-state index in [1.54, 1.807) is 0 Å². The number of rotatable bonds is 7. The van der Waals surface area contributed by atoms with Crippen molar-refractivity contribution in [1.82, 2.24) is 15.2 Å². The van der Waals surface area contributed by atoms with Crippen LogP contribution in [0.5, 0.6) is 5.75 Å². The van der Waals surface area contributed by atoms with E-state index < -0.39 is 6.04 Å². The minimum atomic E-state index is -0.522. The molecule has 1 atom stereocenters. The Morgan fingerprint density at radius 3 is 2.63 bits per heavy atom. The first-order chi connectivity index (χ1) is 13.2. The molecule has 2 N–H and O–H groups in total. The van der Waals surface area contributed by atoms with Gasteiger partial charge in [0.15, 0.2) is 0 Å². The highest BCUT2D eigenvalue weighted by Crippen LogP contribution is 2.21. The van der Waals surface area contributed by atoms with Crippen molar-refractivity contribution in [2.24, 2.45) is 0 Å². The van der Waals surface area contributed by atoms with Crippen molar-refractivity contribution in [3.05, 3.63) is 66.4 Å². The average molecular weight is 363 g/mol. The van der Waals surface area contributed by atoms with Crippen LogP contribution in [0.3, 0.4) is 0 Å². The van der Waals surface area contributed by atoms with Gasteiger partial charge in [-0.1, -0.05) is 36.4 Å². The fourth-order valence-electron chi connectivity index (χ4n) is 3.38. The summed E-state index contributed by atoms with van der Waals surface area (Å²) < 4.78 is 5.62. The maximum atomic E-state index is 12.6. The molecule has 2 heterocycles. The van der Waals surface area contributed by atoms with Crippen LogP contribution in [0.1, 0.15) is 12.0 Å². The van der Waals surface area contributed by atoms with Crippen LogP contribution in [0.4, 0.5) is 4.79 Å². The highest BCUT2D eigenvalue weighted by Gasteiger charge is 2.37. The van der Waals surface area contributed by atoms with Gasteiger partial charge >= 0.3 is 6.03 Å².